The van der Waals surface area contributed by atoms with Crippen molar-refractivity contribution in [3.05, 3.63) is 32.6 Å². The Morgan fingerprint density at radius 3 is 2.69 bits per heavy atom. The number of aromatic amines is 2. The van der Waals surface area contributed by atoms with E-state index in [1.807, 2.05) is 6.07 Å². The lowest BCUT2D eigenvalue weighted by Gasteiger charge is -1.98. The highest BCUT2D eigenvalue weighted by Gasteiger charge is 1.96. The summed E-state index contributed by atoms with van der Waals surface area (Å²) in [4.78, 5) is 5.85. The Hall–Kier alpha value is -0.710. The molecule has 0 aliphatic rings. The number of aromatic nitrogens is 2. The maximum absolute atomic E-state index is 5.83. The summed E-state index contributed by atoms with van der Waals surface area (Å²) in [6, 6.07) is 5.46. The topological polar surface area (TPSA) is 31.6 Å². The van der Waals surface area contributed by atoms with E-state index >= 15 is 0 Å². The summed E-state index contributed by atoms with van der Waals surface area (Å²) in [5, 5.41) is 1.55. The fourth-order valence-corrected chi connectivity index (χ4v) is 1.86. The smallest absolute Gasteiger partial charge is 0.175 e. The Morgan fingerprint density at radius 2 is 1.92 bits per heavy atom. The Bertz CT molecular complexity index is 570. The average Bonchev–Trinajstić information content (AvgIpc) is 2.06. The highest BCUT2D eigenvalue weighted by Crippen LogP contribution is 2.17. The first-order valence-electron chi connectivity index (χ1n) is 3.59. The van der Waals surface area contributed by atoms with E-state index in [2.05, 4.69) is 9.97 Å². The number of H-pyrrole nitrogens is 2. The van der Waals surface area contributed by atoms with E-state index in [9.17, 15) is 0 Å². The summed E-state index contributed by atoms with van der Waals surface area (Å²) in [6.07, 6.45) is 0. The first kappa shape index (κ1) is 8.87. The van der Waals surface area contributed by atoms with E-state index in [1.165, 1.54) is 0 Å². The number of halogens is 1. The molecule has 0 saturated carbocycles. The standard InChI is InChI=1S/C8H5ClN2S2/c9-4-1-2-6-5(3-4)7(12)11-8(13)10-6/h1-3H,(H2,10,11,12,13). The second-order valence-electron chi connectivity index (χ2n) is 2.60. The molecule has 0 amide bonds. The van der Waals surface area contributed by atoms with Gasteiger partial charge in [0.2, 0.25) is 0 Å². The van der Waals surface area contributed by atoms with Gasteiger partial charge < -0.3 is 9.97 Å². The van der Waals surface area contributed by atoms with Gasteiger partial charge in [-0.2, -0.15) is 0 Å². The molecule has 0 atom stereocenters. The van der Waals surface area contributed by atoms with Gasteiger partial charge in [-0.1, -0.05) is 23.8 Å². The number of rotatable bonds is 0. The number of benzene rings is 1. The van der Waals surface area contributed by atoms with Crippen LogP contribution in [0.25, 0.3) is 10.9 Å². The van der Waals surface area contributed by atoms with Crippen molar-refractivity contribution < 1.29 is 0 Å². The Balaban J connectivity index is 3.04. The van der Waals surface area contributed by atoms with Crippen molar-refractivity contribution >= 4 is 46.9 Å². The predicted octanol–water partition coefficient (Wildman–Crippen LogP) is 3.61. The Morgan fingerprint density at radius 1 is 1.15 bits per heavy atom. The minimum absolute atomic E-state index is 0.528. The van der Waals surface area contributed by atoms with Crippen LogP contribution in [-0.2, 0) is 0 Å². The van der Waals surface area contributed by atoms with Crippen molar-refractivity contribution in [2.24, 2.45) is 0 Å². The van der Waals surface area contributed by atoms with Gasteiger partial charge in [-0.25, -0.2) is 0 Å². The molecule has 1 aromatic heterocycles. The molecule has 0 fully saturated rings. The first-order chi connectivity index (χ1) is 6.16. The molecule has 0 spiro atoms. The summed E-state index contributed by atoms with van der Waals surface area (Å²) in [6.45, 7) is 0. The largest absolute Gasteiger partial charge is 0.332 e. The number of nitrogens with one attached hydrogen (secondary N) is 2. The molecule has 0 aliphatic heterocycles. The van der Waals surface area contributed by atoms with Gasteiger partial charge >= 0.3 is 0 Å². The second kappa shape index (κ2) is 3.21. The SMILES string of the molecule is S=c1[nH]c(=S)c2cc(Cl)ccc2[nH]1. The summed E-state index contributed by atoms with van der Waals surface area (Å²) >= 11 is 15.9. The summed E-state index contributed by atoms with van der Waals surface area (Å²) < 4.78 is 1.14. The number of hydrogen-bond donors (Lipinski definition) is 2. The molecular formula is C8H5ClN2S2. The van der Waals surface area contributed by atoms with Gasteiger partial charge in [0.05, 0.1) is 5.52 Å². The summed E-state index contributed by atoms with van der Waals surface area (Å²) in [5.74, 6) is 0. The Kier molecular flexibility index (Phi) is 2.19. The van der Waals surface area contributed by atoms with Crippen LogP contribution in [0.3, 0.4) is 0 Å². The van der Waals surface area contributed by atoms with Crippen LogP contribution < -0.4 is 0 Å². The quantitative estimate of drug-likeness (QED) is 0.675. The maximum atomic E-state index is 5.83. The molecule has 2 nitrogen and oxygen atoms in total. The normalized spacial score (nSPS) is 10.5. The van der Waals surface area contributed by atoms with E-state index in [0.29, 0.717) is 14.4 Å². The van der Waals surface area contributed by atoms with Gasteiger partial charge in [0, 0.05) is 10.4 Å². The number of fused-ring (bicyclic) bond motifs is 1. The van der Waals surface area contributed by atoms with Crippen LogP contribution in [0.15, 0.2) is 18.2 Å². The zero-order chi connectivity index (χ0) is 9.42. The highest BCUT2D eigenvalue weighted by molar-refractivity contribution is 7.72. The third-order valence-corrected chi connectivity index (χ3v) is 2.46. The van der Waals surface area contributed by atoms with Crippen LogP contribution in [-0.4, -0.2) is 9.97 Å². The van der Waals surface area contributed by atoms with Gasteiger partial charge in [0.25, 0.3) is 0 Å². The fraction of sp³-hybridized carbons (Fsp3) is 0. The fourth-order valence-electron chi connectivity index (χ4n) is 1.14. The van der Waals surface area contributed by atoms with Gasteiger partial charge in [0.15, 0.2) is 4.77 Å². The zero-order valence-electron chi connectivity index (χ0n) is 6.43. The molecule has 2 rings (SSSR count). The van der Waals surface area contributed by atoms with Crippen molar-refractivity contribution in [1.82, 2.24) is 9.97 Å². The van der Waals surface area contributed by atoms with Crippen LogP contribution >= 0.6 is 36.0 Å². The number of hydrogen-bond acceptors (Lipinski definition) is 2. The van der Waals surface area contributed by atoms with E-state index in [4.69, 9.17) is 36.0 Å². The van der Waals surface area contributed by atoms with Crippen LogP contribution in [0, 0.1) is 9.41 Å². The average molecular weight is 229 g/mol. The first-order valence-corrected chi connectivity index (χ1v) is 4.78. The van der Waals surface area contributed by atoms with Crippen molar-refractivity contribution in [3.8, 4) is 0 Å². The van der Waals surface area contributed by atoms with Crippen molar-refractivity contribution in [2.45, 2.75) is 0 Å². The lowest BCUT2D eigenvalue weighted by molar-refractivity contribution is 1.17. The molecule has 0 radical (unpaired) electrons. The molecule has 13 heavy (non-hydrogen) atoms. The molecule has 0 aliphatic carbocycles. The van der Waals surface area contributed by atoms with Crippen LogP contribution in [0.5, 0.6) is 0 Å². The summed E-state index contributed by atoms with van der Waals surface area (Å²) in [5.41, 5.74) is 0.901. The lowest BCUT2D eigenvalue weighted by Crippen LogP contribution is -1.85. The predicted molar refractivity (Wildman–Crippen MR) is 59.3 cm³/mol. The maximum Gasteiger partial charge on any atom is 0.175 e. The molecule has 1 aromatic carbocycles. The van der Waals surface area contributed by atoms with Gasteiger partial charge in [-0.05, 0) is 30.4 Å². The van der Waals surface area contributed by atoms with Crippen molar-refractivity contribution in [3.63, 3.8) is 0 Å². The molecule has 2 N–H and O–H groups in total. The molecule has 1 heterocycles. The monoisotopic (exact) mass is 228 g/mol. The van der Waals surface area contributed by atoms with Crippen molar-refractivity contribution in [2.75, 3.05) is 0 Å². The zero-order valence-corrected chi connectivity index (χ0v) is 8.82. The molecule has 2 aromatic rings. The van der Waals surface area contributed by atoms with Crippen molar-refractivity contribution in [1.29, 1.82) is 0 Å². The van der Waals surface area contributed by atoms with E-state index in [-0.39, 0.29) is 0 Å². The lowest BCUT2D eigenvalue weighted by atomic mass is 10.2. The third-order valence-electron chi connectivity index (χ3n) is 1.70. The van der Waals surface area contributed by atoms with E-state index in [0.717, 1.165) is 10.9 Å². The minimum Gasteiger partial charge on any atom is -0.332 e. The molecule has 66 valence electrons. The Labute approximate surface area is 89.6 Å². The molecule has 5 heteroatoms. The van der Waals surface area contributed by atoms with Gasteiger partial charge in [-0.3, -0.25) is 0 Å². The molecule has 0 unspecified atom stereocenters. The van der Waals surface area contributed by atoms with Gasteiger partial charge in [-0.15, -0.1) is 0 Å². The summed E-state index contributed by atoms with van der Waals surface area (Å²) in [7, 11) is 0. The van der Waals surface area contributed by atoms with E-state index in [1.54, 1.807) is 12.1 Å². The second-order valence-corrected chi connectivity index (χ2v) is 3.85. The van der Waals surface area contributed by atoms with Crippen LogP contribution in [0.1, 0.15) is 0 Å². The molecular weight excluding hydrogens is 224 g/mol. The molecule has 0 bridgehead atoms. The highest BCUT2D eigenvalue weighted by atomic mass is 35.5. The van der Waals surface area contributed by atoms with Crippen LogP contribution in [0.4, 0.5) is 0 Å². The third kappa shape index (κ3) is 1.65. The minimum atomic E-state index is 0.528. The van der Waals surface area contributed by atoms with Gasteiger partial charge in [0.1, 0.15) is 4.64 Å². The van der Waals surface area contributed by atoms with Crippen LogP contribution in [0.2, 0.25) is 5.02 Å². The molecule has 0 saturated heterocycles. The van der Waals surface area contributed by atoms with E-state index < -0.39 is 0 Å².